The minimum atomic E-state index is -0.983. The van der Waals surface area contributed by atoms with Crippen molar-refractivity contribution >= 4 is 14.7 Å². The molecule has 0 aromatic heterocycles. The first kappa shape index (κ1) is 18.0. The molecule has 4 nitrogen and oxygen atoms in total. The molecule has 0 aliphatic rings. The molecule has 0 aromatic carbocycles. The minimum absolute atomic E-state index is 0.534. The topological polar surface area (TPSA) is 58.9 Å². The summed E-state index contributed by atoms with van der Waals surface area (Å²) in [6.45, 7) is 14.0. The van der Waals surface area contributed by atoms with E-state index in [1.54, 1.807) is 35.4 Å². The molecule has 0 unspecified atom stereocenters. The van der Waals surface area contributed by atoms with Crippen LogP contribution in [-0.2, 0) is 9.31 Å². The molecule has 0 aliphatic heterocycles. The zero-order valence-corrected chi connectivity index (χ0v) is 13.3. The fraction of sp³-hybridized carbons (Fsp3) is 1.00. The zero-order chi connectivity index (χ0) is 15.0. The highest BCUT2D eigenvalue weighted by Gasteiger charge is 2.42. The van der Waals surface area contributed by atoms with Crippen LogP contribution in [0, 0.1) is 0 Å². The summed E-state index contributed by atoms with van der Waals surface area (Å²) in [7, 11) is 1.23. The molecule has 0 spiro atoms. The molecule has 0 heterocycles. The third-order valence-corrected chi connectivity index (χ3v) is 3.87. The van der Waals surface area contributed by atoms with Crippen LogP contribution in [0.25, 0.3) is 0 Å². The Balaban J connectivity index is 4.69. The molecular weight excluding hydrogens is 230 g/mol. The molecule has 0 aliphatic carbocycles. The third kappa shape index (κ3) is 4.57. The van der Waals surface area contributed by atoms with Gasteiger partial charge in [0.25, 0.3) is 0 Å². The summed E-state index contributed by atoms with van der Waals surface area (Å²) < 4.78 is 11.5. The van der Waals surface area contributed by atoms with E-state index in [0.717, 1.165) is 0 Å². The summed E-state index contributed by atoms with van der Waals surface area (Å²) in [6, 6.07) is 0. The summed E-state index contributed by atoms with van der Waals surface area (Å²) in [5.74, 6) is 0. The lowest BCUT2D eigenvalue weighted by Crippen LogP contribution is -2.56. The predicted octanol–water partition coefficient (Wildman–Crippen LogP) is 0.737. The van der Waals surface area contributed by atoms with E-state index >= 15 is 0 Å². The van der Waals surface area contributed by atoms with Crippen LogP contribution in [-0.4, -0.2) is 47.4 Å². The highest BCUT2D eigenvalue weighted by Crippen LogP contribution is 2.29. The van der Waals surface area contributed by atoms with Crippen LogP contribution >= 0.6 is 0 Å². The van der Waals surface area contributed by atoms with Crippen molar-refractivity contribution in [1.82, 2.24) is 0 Å². The maximum Gasteiger partial charge on any atom is 0.398 e. The first-order valence-electron chi connectivity index (χ1n) is 6.40. The Bertz CT molecular complexity index is 249. The van der Waals surface area contributed by atoms with Crippen molar-refractivity contribution in [2.75, 3.05) is 0 Å². The van der Waals surface area contributed by atoms with E-state index < -0.39 is 29.4 Å². The number of aliphatic hydroxyl groups is 2. The molecule has 106 valence electrons. The lowest BCUT2D eigenvalue weighted by molar-refractivity contribution is -0.130. The molecule has 0 bridgehead atoms. The van der Waals surface area contributed by atoms with Crippen LogP contribution in [0.3, 0.4) is 0 Å². The van der Waals surface area contributed by atoms with E-state index in [0.29, 0.717) is 0 Å². The molecule has 0 atom stereocenters. The second-order valence-corrected chi connectivity index (χ2v) is 6.94. The van der Waals surface area contributed by atoms with E-state index in [9.17, 15) is 10.2 Å². The van der Waals surface area contributed by atoms with Crippen LogP contribution in [0.4, 0.5) is 0 Å². The Morgan fingerprint density at radius 3 is 1.11 bits per heavy atom. The van der Waals surface area contributed by atoms with E-state index in [2.05, 4.69) is 0 Å². The van der Waals surface area contributed by atoms with Gasteiger partial charge in [-0.1, -0.05) is 0 Å². The van der Waals surface area contributed by atoms with Gasteiger partial charge in [-0.25, -0.2) is 0 Å². The van der Waals surface area contributed by atoms with Crippen molar-refractivity contribution in [2.45, 2.75) is 77.8 Å². The number of hydrogen-bond acceptors (Lipinski definition) is 4. The van der Waals surface area contributed by atoms with Gasteiger partial charge >= 0.3 is 7.01 Å². The summed E-state index contributed by atoms with van der Waals surface area (Å²) in [5.41, 5.74) is -3.46. The van der Waals surface area contributed by atoms with Crippen molar-refractivity contribution < 1.29 is 19.5 Å². The SMILES string of the molecule is BB(OC(C)(C)C(C)(C)O)OC(C)(C)C(C)(C)O. The van der Waals surface area contributed by atoms with Crippen LogP contribution in [0.1, 0.15) is 55.4 Å². The van der Waals surface area contributed by atoms with E-state index in [1.165, 1.54) is 0 Å². The molecule has 2 N–H and O–H groups in total. The van der Waals surface area contributed by atoms with Gasteiger partial charge in [-0.2, -0.15) is 0 Å². The molecule has 0 amide bonds. The average molecular weight is 258 g/mol. The maximum atomic E-state index is 10.0. The van der Waals surface area contributed by atoms with Crippen molar-refractivity contribution in [3.63, 3.8) is 0 Å². The quantitative estimate of drug-likeness (QED) is 0.690. The molecule has 0 aromatic rings. The van der Waals surface area contributed by atoms with E-state index in [1.807, 2.05) is 27.7 Å². The van der Waals surface area contributed by atoms with Crippen molar-refractivity contribution in [3.8, 4) is 0 Å². The molecule has 0 fully saturated rings. The van der Waals surface area contributed by atoms with Gasteiger partial charge in [-0.05, 0) is 55.4 Å². The van der Waals surface area contributed by atoms with Gasteiger partial charge in [-0.3, -0.25) is 0 Å². The fourth-order valence-corrected chi connectivity index (χ4v) is 1.14. The third-order valence-electron chi connectivity index (χ3n) is 3.87. The Morgan fingerprint density at radius 2 is 0.944 bits per heavy atom. The normalized spacial score (nSPS) is 14.8. The summed E-state index contributed by atoms with van der Waals surface area (Å²) in [6.07, 6.45) is 0. The Morgan fingerprint density at radius 1 is 0.722 bits per heavy atom. The van der Waals surface area contributed by atoms with Crippen LogP contribution in [0.5, 0.6) is 0 Å². The largest absolute Gasteiger partial charge is 0.410 e. The van der Waals surface area contributed by atoms with Crippen molar-refractivity contribution in [3.05, 3.63) is 0 Å². The van der Waals surface area contributed by atoms with Gasteiger partial charge in [0, 0.05) is 0 Å². The predicted molar refractivity (Wildman–Crippen MR) is 77.2 cm³/mol. The molecular formula is C12H28B2O4. The van der Waals surface area contributed by atoms with Gasteiger partial charge in [0.15, 0.2) is 7.74 Å². The van der Waals surface area contributed by atoms with Crippen LogP contribution in [0.2, 0.25) is 0 Å². The second-order valence-electron chi connectivity index (χ2n) is 6.94. The fourth-order valence-electron chi connectivity index (χ4n) is 1.14. The van der Waals surface area contributed by atoms with E-state index in [4.69, 9.17) is 9.31 Å². The molecule has 0 saturated carbocycles. The highest BCUT2D eigenvalue weighted by molar-refractivity contribution is 6.95. The summed E-state index contributed by atoms with van der Waals surface area (Å²) >= 11 is 0. The van der Waals surface area contributed by atoms with E-state index in [-0.39, 0.29) is 0 Å². The van der Waals surface area contributed by atoms with Crippen molar-refractivity contribution in [2.24, 2.45) is 0 Å². The van der Waals surface area contributed by atoms with Gasteiger partial charge in [-0.15, -0.1) is 0 Å². The summed E-state index contributed by atoms with van der Waals surface area (Å²) in [4.78, 5) is 0. The van der Waals surface area contributed by atoms with Crippen LogP contribution < -0.4 is 0 Å². The van der Waals surface area contributed by atoms with Gasteiger partial charge < -0.3 is 19.5 Å². The molecule has 18 heavy (non-hydrogen) atoms. The van der Waals surface area contributed by atoms with Crippen LogP contribution in [0.15, 0.2) is 0 Å². The molecule has 6 heteroatoms. The van der Waals surface area contributed by atoms with Gasteiger partial charge in [0.1, 0.15) is 0 Å². The number of rotatable bonds is 6. The smallest absolute Gasteiger partial charge is 0.398 e. The lowest BCUT2D eigenvalue weighted by atomic mass is 9.60. The number of hydrogen-bond donors (Lipinski definition) is 2. The Hall–Kier alpha value is -0.0301. The lowest BCUT2D eigenvalue weighted by Gasteiger charge is -2.43. The van der Waals surface area contributed by atoms with Gasteiger partial charge in [0.05, 0.1) is 22.4 Å². The highest BCUT2D eigenvalue weighted by atomic mass is 16.6. The minimum Gasteiger partial charge on any atom is -0.410 e. The molecule has 0 radical (unpaired) electrons. The zero-order valence-electron chi connectivity index (χ0n) is 13.3. The standard InChI is InChI=1S/C12H28B2O4/c1-9(2,15)11(5,6)17-14(13)18-12(7,8)10(3,4)16/h15-16H,13H2,1-8H3. The van der Waals surface area contributed by atoms with Crippen molar-refractivity contribution in [1.29, 1.82) is 0 Å². The summed E-state index contributed by atoms with van der Waals surface area (Å²) in [5, 5.41) is 20.0. The monoisotopic (exact) mass is 258 g/mol. The maximum absolute atomic E-state index is 10.0. The second kappa shape index (κ2) is 5.16. The Kier molecular flexibility index (Phi) is 5.15. The first-order chi connectivity index (χ1) is 7.60. The molecule has 0 saturated heterocycles. The van der Waals surface area contributed by atoms with Gasteiger partial charge in [0.2, 0.25) is 0 Å². The Labute approximate surface area is 113 Å². The molecule has 0 rings (SSSR count). The average Bonchev–Trinajstić information content (AvgIpc) is 1.95. The first-order valence-corrected chi connectivity index (χ1v) is 6.40.